The van der Waals surface area contributed by atoms with Crippen LogP contribution in [0.5, 0.6) is 11.5 Å². The van der Waals surface area contributed by atoms with E-state index in [9.17, 15) is 14.9 Å². The van der Waals surface area contributed by atoms with Crippen LogP contribution in [0.4, 0.5) is 5.69 Å². The van der Waals surface area contributed by atoms with Crippen molar-refractivity contribution in [2.24, 2.45) is 0 Å². The Labute approximate surface area is 235 Å². The van der Waals surface area contributed by atoms with Gasteiger partial charge in [0, 0.05) is 28.8 Å². The molecule has 3 aliphatic rings. The van der Waals surface area contributed by atoms with Crippen LogP contribution in [0.2, 0.25) is 0 Å². The molecule has 0 aliphatic carbocycles. The summed E-state index contributed by atoms with van der Waals surface area (Å²) >= 11 is 3.67. The Hall–Kier alpha value is -3.43. The molecule has 2 saturated heterocycles. The Morgan fingerprint density at radius 2 is 1.92 bits per heavy atom. The van der Waals surface area contributed by atoms with Crippen LogP contribution in [0.3, 0.4) is 0 Å². The molecule has 0 bridgehead atoms. The number of aryl methyl sites for hydroxylation is 1. The highest BCUT2D eigenvalue weighted by Gasteiger charge is 2.73. The zero-order chi connectivity index (χ0) is 27.3. The maximum atomic E-state index is 13.7. The van der Waals surface area contributed by atoms with Crippen molar-refractivity contribution in [2.75, 3.05) is 18.5 Å². The number of benzene rings is 3. The van der Waals surface area contributed by atoms with Crippen LogP contribution in [0.15, 0.2) is 65.1 Å². The van der Waals surface area contributed by atoms with Gasteiger partial charge < -0.3 is 14.8 Å². The van der Waals surface area contributed by atoms with Gasteiger partial charge in [-0.05, 0) is 71.9 Å². The Morgan fingerprint density at radius 1 is 1.15 bits per heavy atom. The third-order valence-electron chi connectivity index (χ3n) is 8.31. The van der Waals surface area contributed by atoms with Crippen molar-refractivity contribution in [3.05, 3.63) is 97.5 Å². The molecule has 0 aromatic heterocycles. The van der Waals surface area contributed by atoms with Crippen molar-refractivity contribution < 1.29 is 19.2 Å². The fraction of sp³-hybridized carbons (Fsp3) is 0.367. The third-order valence-corrected chi connectivity index (χ3v) is 8.90. The maximum absolute atomic E-state index is 13.7. The molecule has 39 heavy (non-hydrogen) atoms. The lowest BCUT2D eigenvalue weighted by atomic mass is 9.77. The average Bonchev–Trinajstić information content (AvgIpc) is 3.57. The van der Waals surface area contributed by atoms with Crippen LogP contribution < -0.4 is 14.8 Å². The van der Waals surface area contributed by atoms with Crippen molar-refractivity contribution in [1.82, 2.24) is 4.90 Å². The minimum Gasteiger partial charge on any atom is -0.490 e. The lowest BCUT2D eigenvalue weighted by Crippen LogP contribution is -2.55. The Morgan fingerprint density at radius 3 is 2.67 bits per heavy atom. The summed E-state index contributed by atoms with van der Waals surface area (Å²) in [6.45, 7) is 5.33. The number of rotatable bonds is 7. The molecule has 3 heterocycles. The van der Waals surface area contributed by atoms with Crippen LogP contribution in [0, 0.1) is 17.0 Å². The van der Waals surface area contributed by atoms with Crippen LogP contribution in [0.25, 0.3) is 0 Å². The van der Waals surface area contributed by atoms with Gasteiger partial charge in [-0.25, -0.2) is 0 Å². The van der Waals surface area contributed by atoms with Crippen LogP contribution >= 0.6 is 15.9 Å². The van der Waals surface area contributed by atoms with Gasteiger partial charge in [0.15, 0.2) is 17.0 Å². The molecule has 2 fully saturated rings. The normalized spacial score (nSPS) is 25.4. The molecule has 1 N–H and O–H groups in total. The summed E-state index contributed by atoms with van der Waals surface area (Å²) in [7, 11) is 0. The summed E-state index contributed by atoms with van der Waals surface area (Å²) in [6, 6.07) is 18.0. The number of nitro groups is 1. The van der Waals surface area contributed by atoms with E-state index in [1.165, 1.54) is 5.56 Å². The molecule has 3 aromatic carbocycles. The summed E-state index contributed by atoms with van der Waals surface area (Å²) < 4.78 is 12.9. The molecule has 0 radical (unpaired) electrons. The highest BCUT2D eigenvalue weighted by Crippen LogP contribution is 2.58. The lowest BCUT2D eigenvalue weighted by Gasteiger charge is -2.32. The number of para-hydroxylation sites is 1. The first-order valence-corrected chi connectivity index (χ1v) is 14.1. The first-order valence-electron chi connectivity index (χ1n) is 13.3. The van der Waals surface area contributed by atoms with E-state index in [0.29, 0.717) is 47.0 Å². The van der Waals surface area contributed by atoms with Crippen molar-refractivity contribution in [1.29, 1.82) is 0 Å². The van der Waals surface area contributed by atoms with Gasteiger partial charge in [-0.1, -0.05) is 48.0 Å². The molecule has 8 nitrogen and oxygen atoms in total. The largest absolute Gasteiger partial charge is 0.490 e. The monoisotopic (exact) mass is 591 g/mol. The standard InChI is InChI=1S/C30H30BrN3O5/c1-3-38-25-16-20(15-22(31)27(25)39-17-19-12-10-18(2)11-13-19)26-24-9-6-14-33(24)30(28(26)34(36)37)21-7-4-5-8-23(21)32-29(30)35/h4-5,7-8,10-13,15-16,24,26,28H,3,6,9,14,17H2,1-2H3,(H,32,35)/t24-,26+,28-,30+/m0/s1. The number of amides is 1. The first-order chi connectivity index (χ1) is 18.9. The third kappa shape index (κ3) is 4.02. The van der Waals surface area contributed by atoms with Gasteiger partial charge in [0.05, 0.1) is 17.0 Å². The minimum absolute atomic E-state index is 0.155. The molecular weight excluding hydrogens is 562 g/mol. The van der Waals surface area contributed by atoms with Gasteiger partial charge in [-0.15, -0.1) is 0 Å². The van der Waals surface area contributed by atoms with E-state index in [1.54, 1.807) is 0 Å². The highest BCUT2D eigenvalue weighted by molar-refractivity contribution is 9.10. The zero-order valence-corrected chi connectivity index (χ0v) is 23.4. The van der Waals surface area contributed by atoms with E-state index in [0.717, 1.165) is 24.0 Å². The molecule has 4 atom stereocenters. The van der Waals surface area contributed by atoms with Gasteiger partial charge in [0.25, 0.3) is 11.9 Å². The number of halogens is 1. The lowest BCUT2D eigenvalue weighted by molar-refractivity contribution is -0.534. The second kappa shape index (κ2) is 9.95. The number of anilines is 1. The molecule has 0 unspecified atom stereocenters. The van der Waals surface area contributed by atoms with E-state index in [2.05, 4.69) is 26.1 Å². The molecular formula is C30H30BrN3O5. The van der Waals surface area contributed by atoms with Gasteiger partial charge in [-0.2, -0.15) is 0 Å². The molecule has 1 amide bonds. The van der Waals surface area contributed by atoms with Crippen molar-refractivity contribution >= 4 is 27.5 Å². The molecule has 3 aromatic rings. The number of fused-ring (bicyclic) bond motifs is 4. The Kier molecular flexibility index (Phi) is 6.59. The summed E-state index contributed by atoms with van der Waals surface area (Å²) in [5.74, 6) is 0.250. The first kappa shape index (κ1) is 25.8. The van der Waals surface area contributed by atoms with Crippen molar-refractivity contribution in [2.45, 2.75) is 56.8 Å². The van der Waals surface area contributed by atoms with E-state index in [4.69, 9.17) is 9.47 Å². The maximum Gasteiger partial charge on any atom is 0.256 e. The number of hydrogen-bond acceptors (Lipinski definition) is 6. The molecule has 202 valence electrons. The zero-order valence-electron chi connectivity index (χ0n) is 21.9. The number of nitrogens with zero attached hydrogens (tertiary/aromatic N) is 2. The van der Waals surface area contributed by atoms with Gasteiger partial charge >= 0.3 is 0 Å². The molecule has 3 aliphatic heterocycles. The number of hydrogen-bond donors (Lipinski definition) is 1. The number of ether oxygens (including phenoxy) is 2. The van der Waals surface area contributed by atoms with Gasteiger partial charge in [0.2, 0.25) is 0 Å². The van der Waals surface area contributed by atoms with E-state index < -0.39 is 17.5 Å². The molecule has 6 rings (SSSR count). The predicted molar refractivity (Wildman–Crippen MR) is 151 cm³/mol. The Balaban J connectivity index is 1.43. The van der Waals surface area contributed by atoms with Gasteiger partial charge in [-0.3, -0.25) is 19.8 Å². The van der Waals surface area contributed by atoms with Gasteiger partial charge in [0.1, 0.15) is 6.61 Å². The molecule has 1 spiro atoms. The van der Waals surface area contributed by atoms with E-state index in [1.807, 2.05) is 74.5 Å². The summed E-state index contributed by atoms with van der Waals surface area (Å²) in [5, 5.41) is 15.9. The Bertz CT molecular complexity index is 1450. The van der Waals surface area contributed by atoms with Crippen molar-refractivity contribution in [3.8, 4) is 11.5 Å². The van der Waals surface area contributed by atoms with Crippen LogP contribution in [0.1, 0.15) is 47.9 Å². The SMILES string of the molecule is CCOc1cc([C@H]2[C@H]([N+](=O)[O-])[C@]3(C(=O)Nc4ccccc43)N3CCC[C@@H]23)cc(Br)c1OCc1ccc(C)cc1. The molecule has 9 heteroatoms. The quantitative estimate of drug-likeness (QED) is 0.276. The minimum atomic E-state index is -1.36. The smallest absolute Gasteiger partial charge is 0.256 e. The summed E-state index contributed by atoms with van der Waals surface area (Å²) in [5.41, 5.74) is 2.95. The summed E-state index contributed by atoms with van der Waals surface area (Å²) in [4.78, 5) is 28.5. The number of carbonyl (C=O) groups is 1. The second-order valence-electron chi connectivity index (χ2n) is 10.5. The predicted octanol–water partition coefficient (Wildman–Crippen LogP) is 5.79. The topological polar surface area (TPSA) is 93.9 Å². The number of carbonyl (C=O) groups excluding carboxylic acids is 1. The average molecular weight is 592 g/mol. The second-order valence-corrected chi connectivity index (χ2v) is 11.3. The fourth-order valence-corrected chi connectivity index (χ4v) is 7.37. The number of nitrogens with one attached hydrogen (secondary N) is 1. The molecule has 0 saturated carbocycles. The van der Waals surface area contributed by atoms with E-state index in [-0.39, 0.29) is 16.9 Å². The summed E-state index contributed by atoms with van der Waals surface area (Å²) in [6.07, 6.45) is 1.65. The van der Waals surface area contributed by atoms with Crippen LogP contribution in [-0.2, 0) is 16.9 Å². The van der Waals surface area contributed by atoms with Crippen molar-refractivity contribution in [3.63, 3.8) is 0 Å². The highest BCUT2D eigenvalue weighted by atomic mass is 79.9. The fourth-order valence-electron chi connectivity index (χ4n) is 6.80. The van der Waals surface area contributed by atoms with Crippen LogP contribution in [-0.4, -0.2) is 41.0 Å². The van der Waals surface area contributed by atoms with E-state index >= 15 is 0 Å².